The van der Waals surface area contributed by atoms with Crippen molar-refractivity contribution < 1.29 is 19.2 Å². The molecule has 1 unspecified atom stereocenters. The van der Waals surface area contributed by atoms with Gasteiger partial charge in [0.2, 0.25) is 5.91 Å². The summed E-state index contributed by atoms with van der Waals surface area (Å²) in [4.78, 5) is 56.4. The first-order valence-electron chi connectivity index (χ1n) is 11.6. The van der Waals surface area contributed by atoms with Gasteiger partial charge in [0.15, 0.2) is 0 Å². The number of piperidine rings is 2. The molecule has 1 atom stereocenters. The summed E-state index contributed by atoms with van der Waals surface area (Å²) in [6.07, 6.45) is 2.75. The van der Waals surface area contributed by atoms with Crippen molar-refractivity contribution >= 4 is 23.8 Å². The van der Waals surface area contributed by atoms with E-state index in [1.165, 1.54) is 4.90 Å². The maximum absolute atomic E-state index is 13.4. The normalized spacial score (nSPS) is 23.1. The monoisotopic (exact) mass is 440 g/mol. The summed E-state index contributed by atoms with van der Waals surface area (Å²) < 4.78 is 0. The number of amides is 5. The number of likely N-dealkylation sites (tertiary alicyclic amines) is 2. The van der Waals surface area contributed by atoms with Crippen molar-refractivity contribution in [2.45, 2.75) is 57.5 Å². The fraction of sp³-hybridized carbons (Fsp3) is 0.583. The second kappa shape index (κ2) is 8.92. The molecular formula is C24H32N4O4. The molecule has 0 saturated carbocycles. The van der Waals surface area contributed by atoms with Gasteiger partial charge in [-0.15, -0.1) is 0 Å². The zero-order chi connectivity index (χ0) is 22.9. The van der Waals surface area contributed by atoms with Crippen molar-refractivity contribution in [2.24, 2.45) is 5.92 Å². The molecule has 3 saturated heterocycles. The third-order valence-electron chi connectivity index (χ3n) is 6.82. The Morgan fingerprint density at radius 2 is 1.75 bits per heavy atom. The standard InChI is InChI=1S/C24H32N4O4/c1-17(2)15-20(29)27-12-6-9-19(16-27)28-22(31)24(25-23(28)32)10-13-26(14-11-24)21(30)18-7-4-3-5-8-18/h3-5,7-8,17,19H,6,9-16H2,1-2H3,(H,25,32). The molecule has 172 valence electrons. The van der Waals surface area contributed by atoms with Gasteiger partial charge >= 0.3 is 6.03 Å². The minimum absolute atomic E-state index is 0.0549. The minimum Gasteiger partial charge on any atom is -0.341 e. The number of urea groups is 1. The lowest BCUT2D eigenvalue weighted by Crippen LogP contribution is -2.57. The second-order valence-electron chi connectivity index (χ2n) is 9.58. The van der Waals surface area contributed by atoms with E-state index < -0.39 is 5.54 Å². The Morgan fingerprint density at radius 3 is 2.41 bits per heavy atom. The number of hydrogen-bond acceptors (Lipinski definition) is 4. The highest BCUT2D eigenvalue weighted by molar-refractivity contribution is 6.07. The summed E-state index contributed by atoms with van der Waals surface area (Å²) in [6.45, 7) is 5.92. The molecule has 3 fully saturated rings. The summed E-state index contributed by atoms with van der Waals surface area (Å²) in [5.41, 5.74) is -0.324. The molecule has 1 aromatic rings. The van der Waals surface area contributed by atoms with Crippen molar-refractivity contribution in [1.29, 1.82) is 0 Å². The maximum Gasteiger partial charge on any atom is 0.325 e. The van der Waals surface area contributed by atoms with Crippen LogP contribution in [0.2, 0.25) is 0 Å². The van der Waals surface area contributed by atoms with Crippen LogP contribution >= 0.6 is 0 Å². The minimum atomic E-state index is -0.950. The lowest BCUT2D eigenvalue weighted by molar-refractivity contribution is -0.139. The number of carbonyl (C=O) groups excluding carboxylic acids is 4. The van der Waals surface area contributed by atoms with E-state index in [1.807, 2.05) is 32.0 Å². The Kier molecular flexibility index (Phi) is 6.22. The van der Waals surface area contributed by atoms with E-state index in [4.69, 9.17) is 0 Å². The van der Waals surface area contributed by atoms with E-state index in [1.54, 1.807) is 21.9 Å². The Balaban J connectivity index is 1.41. The summed E-state index contributed by atoms with van der Waals surface area (Å²) in [7, 11) is 0. The molecule has 0 radical (unpaired) electrons. The first kappa shape index (κ1) is 22.3. The number of hydrogen-bond donors (Lipinski definition) is 1. The van der Waals surface area contributed by atoms with Gasteiger partial charge in [0.25, 0.3) is 11.8 Å². The zero-order valence-electron chi connectivity index (χ0n) is 18.9. The molecule has 32 heavy (non-hydrogen) atoms. The van der Waals surface area contributed by atoms with E-state index >= 15 is 0 Å². The van der Waals surface area contributed by atoms with Gasteiger partial charge in [0.05, 0.1) is 6.04 Å². The topological polar surface area (TPSA) is 90.0 Å². The van der Waals surface area contributed by atoms with Crippen LogP contribution in [0.15, 0.2) is 30.3 Å². The number of benzene rings is 1. The molecule has 3 aliphatic rings. The van der Waals surface area contributed by atoms with Crippen LogP contribution in [-0.2, 0) is 9.59 Å². The van der Waals surface area contributed by atoms with Crippen LogP contribution in [0, 0.1) is 5.92 Å². The number of nitrogens with zero attached hydrogens (tertiary/aromatic N) is 3. The highest BCUT2D eigenvalue weighted by atomic mass is 16.2. The average molecular weight is 441 g/mol. The van der Waals surface area contributed by atoms with Gasteiger partial charge < -0.3 is 15.1 Å². The van der Waals surface area contributed by atoms with Gasteiger partial charge in [-0.1, -0.05) is 32.0 Å². The average Bonchev–Trinajstić information content (AvgIpc) is 3.03. The molecule has 0 aromatic heterocycles. The molecule has 0 bridgehead atoms. The van der Waals surface area contributed by atoms with Crippen LogP contribution in [0.25, 0.3) is 0 Å². The van der Waals surface area contributed by atoms with Crippen LogP contribution in [-0.4, -0.2) is 76.2 Å². The molecule has 1 aromatic carbocycles. The molecule has 5 amide bonds. The predicted molar refractivity (Wildman–Crippen MR) is 119 cm³/mol. The maximum atomic E-state index is 13.4. The number of imide groups is 1. The lowest BCUT2D eigenvalue weighted by atomic mass is 9.86. The van der Waals surface area contributed by atoms with Gasteiger partial charge in [-0.3, -0.25) is 19.3 Å². The lowest BCUT2D eigenvalue weighted by Gasteiger charge is -2.39. The van der Waals surface area contributed by atoms with Gasteiger partial charge in [-0.2, -0.15) is 0 Å². The van der Waals surface area contributed by atoms with Crippen molar-refractivity contribution in [3.63, 3.8) is 0 Å². The molecule has 0 aliphatic carbocycles. The second-order valence-corrected chi connectivity index (χ2v) is 9.58. The van der Waals surface area contributed by atoms with Gasteiger partial charge in [0.1, 0.15) is 5.54 Å². The van der Waals surface area contributed by atoms with E-state index in [0.717, 1.165) is 6.42 Å². The van der Waals surface area contributed by atoms with Gasteiger partial charge in [-0.25, -0.2) is 4.79 Å². The Labute approximate surface area is 188 Å². The molecule has 3 aliphatic heterocycles. The van der Waals surface area contributed by atoms with Crippen LogP contribution < -0.4 is 5.32 Å². The Bertz CT molecular complexity index is 893. The van der Waals surface area contributed by atoms with E-state index in [9.17, 15) is 19.2 Å². The molecule has 1 spiro atoms. The Hall–Kier alpha value is -2.90. The van der Waals surface area contributed by atoms with Crippen LogP contribution in [0.3, 0.4) is 0 Å². The zero-order valence-corrected chi connectivity index (χ0v) is 18.9. The van der Waals surface area contributed by atoms with Crippen molar-refractivity contribution in [3.05, 3.63) is 35.9 Å². The molecule has 1 N–H and O–H groups in total. The van der Waals surface area contributed by atoms with Crippen LogP contribution in [0.4, 0.5) is 4.79 Å². The number of carbonyl (C=O) groups is 4. The molecular weight excluding hydrogens is 408 g/mol. The van der Waals surface area contributed by atoms with Crippen molar-refractivity contribution in [2.75, 3.05) is 26.2 Å². The first-order chi connectivity index (χ1) is 15.3. The molecule has 8 heteroatoms. The third-order valence-corrected chi connectivity index (χ3v) is 6.82. The summed E-state index contributed by atoms with van der Waals surface area (Å²) in [5, 5.41) is 2.94. The van der Waals surface area contributed by atoms with Gasteiger partial charge in [-0.05, 0) is 43.7 Å². The highest BCUT2D eigenvalue weighted by Gasteiger charge is 2.54. The fourth-order valence-electron chi connectivity index (χ4n) is 5.04. The molecule has 4 rings (SSSR count). The summed E-state index contributed by atoms with van der Waals surface area (Å²) in [5.74, 6) is 0.0870. The first-order valence-corrected chi connectivity index (χ1v) is 11.6. The van der Waals surface area contributed by atoms with Gasteiger partial charge in [0, 0.05) is 38.2 Å². The SMILES string of the molecule is CC(C)CC(=O)N1CCCC(N2C(=O)NC3(CCN(C(=O)c4ccccc4)CC3)C2=O)C1. The fourth-order valence-corrected chi connectivity index (χ4v) is 5.04. The number of rotatable bonds is 4. The Morgan fingerprint density at radius 1 is 1.06 bits per heavy atom. The summed E-state index contributed by atoms with van der Waals surface area (Å²) in [6, 6.07) is 8.43. The van der Waals surface area contributed by atoms with E-state index in [0.29, 0.717) is 57.4 Å². The molecule has 3 heterocycles. The summed E-state index contributed by atoms with van der Waals surface area (Å²) >= 11 is 0. The molecule has 8 nitrogen and oxygen atoms in total. The van der Waals surface area contributed by atoms with E-state index in [-0.39, 0.29) is 35.7 Å². The highest BCUT2D eigenvalue weighted by Crippen LogP contribution is 2.33. The van der Waals surface area contributed by atoms with Crippen LogP contribution in [0.1, 0.15) is 56.3 Å². The smallest absolute Gasteiger partial charge is 0.325 e. The van der Waals surface area contributed by atoms with Crippen molar-refractivity contribution in [1.82, 2.24) is 20.0 Å². The van der Waals surface area contributed by atoms with E-state index in [2.05, 4.69) is 5.32 Å². The number of nitrogens with one attached hydrogen (secondary N) is 1. The van der Waals surface area contributed by atoms with Crippen LogP contribution in [0.5, 0.6) is 0 Å². The van der Waals surface area contributed by atoms with Crippen molar-refractivity contribution in [3.8, 4) is 0 Å². The third kappa shape index (κ3) is 4.23. The predicted octanol–water partition coefficient (Wildman–Crippen LogP) is 2.25. The largest absolute Gasteiger partial charge is 0.341 e. The quantitative estimate of drug-likeness (QED) is 0.727.